The maximum absolute atomic E-state index is 2.50. The Labute approximate surface area is 223 Å². The molecule has 0 aliphatic heterocycles. The zero-order valence-corrected chi connectivity index (χ0v) is 26.4. The summed E-state index contributed by atoms with van der Waals surface area (Å²) < 4.78 is 0. The predicted molar refractivity (Wildman–Crippen MR) is 162 cm³/mol. The molecular weight excluding hydrogens is 423 g/mol. The minimum Gasteiger partial charge on any atom is -0.0910 e. The lowest BCUT2D eigenvalue weighted by Crippen LogP contribution is -2.24. The fourth-order valence-corrected chi connectivity index (χ4v) is 11.4. The lowest BCUT2D eigenvalue weighted by molar-refractivity contribution is 0.441. The first-order valence-corrected chi connectivity index (χ1v) is 19.1. The van der Waals surface area contributed by atoms with E-state index in [-0.39, 0.29) is 0 Å². The average Bonchev–Trinajstić information content (AvgIpc) is 2.85. The van der Waals surface area contributed by atoms with Gasteiger partial charge in [-0.2, -0.15) is 0 Å². The fraction of sp³-hybridized carbons (Fsp3) is 1.00. The van der Waals surface area contributed by atoms with Crippen molar-refractivity contribution in [3.63, 3.8) is 0 Å². The normalized spacial score (nSPS) is 14.3. The molecule has 0 spiro atoms. The van der Waals surface area contributed by atoms with Gasteiger partial charge in [0.2, 0.25) is 0 Å². The van der Waals surface area contributed by atoms with Gasteiger partial charge in [0.1, 0.15) is 0 Å². The molecule has 0 aliphatic rings. The van der Waals surface area contributed by atoms with Gasteiger partial charge in [0, 0.05) is 0 Å². The van der Waals surface area contributed by atoms with Crippen LogP contribution in [-0.4, -0.2) is 14.1 Å². The van der Waals surface area contributed by atoms with Crippen LogP contribution >= 0.6 is 0 Å². The summed E-state index contributed by atoms with van der Waals surface area (Å²) in [5.74, 6) is 3.13. The fourth-order valence-electron chi connectivity index (χ4n) is 6.28. The zero-order valence-electron chi connectivity index (χ0n) is 25.3. The molecule has 0 aromatic heterocycles. The Kier molecular flexibility index (Phi) is 27.0. The topological polar surface area (TPSA) is 0 Å². The number of hydrogen-bond acceptors (Lipinski definition) is 0. The molecule has 0 aromatic carbocycles. The van der Waals surface area contributed by atoms with Crippen LogP contribution < -0.4 is 0 Å². The summed E-state index contributed by atoms with van der Waals surface area (Å²) >= 11 is -0.655. The Morgan fingerprint density at radius 2 is 0.618 bits per heavy atom. The van der Waals surface area contributed by atoms with Crippen LogP contribution in [0.1, 0.15) is 176 Å². The van der Waals surface area contributed by atoms with Crippen molar-refractivity contribution in [3.8, 4) is 0 Å². The van der Waals surface area contributed by atoms with E-state index in [2.05, 4.69) is 41.5 Å². The summed E-state index contributed by atoms with van der Waals surface area (Å²) in [6, 6.07) is 0. The Balaban J connectivity index is 4.84. The Hall–Kier alpha value is 0.532. The quantitative estimate of drug-likeness (QED) is 0.0789. The smallest absolute Gasteiger partial charge is 0.0910 e. The third-order valence-corrected chi connectivity index (χ3v) is 12.9. The van der Waals surface area contributed by atoms with Crippen molar-refractivity contribution >= 4 is 14.1 Å². The van der Waals surface area contributed by atoms with Crippen LogP contribution in [0.4, 0.5) is 0 Å². The molecule has 0 saturated heterocycles. The molecule has 3 atom stereocenters. The van der Waals surface area contributed by atoms with Crippen LogP contribution in [0.15, 0.2) is 0 Å². The summed E-state index contributed by atoms with van der Waals surface area (Å²) in [4.78, 5) is 0. The molecule has 0 aromatic rings. The van der Waals surface area contributed by atoms with Crippen LogP contribution in [0.5, 0.6) is 0 Å². The van der Waals surface area contributed by atoms with Crippen LogP contribution in [-0.2, 0) is 0 Å². The van der Waals surface area contributed by atoms with E-state index in [0.29, 0.717) is 0 Å². The van der Waals surface area contributed by atoms with Gasteiger partial charge in [-0.15, -0.1) is 0 Å². The summed E-state index contributed by atoms with van der Waals surface area (Å²) in [5.41, 5.74) is 0. The van der Waals surface area contributed by atoms with E-state index in [1.165, 1.54) is 135 Å². The molecule has 0 rings (SSSR count). The molecule has 0 amide bonds. The SMILES string of the molecule is CCCCCCCC(CC)[CH2][Al]([CH2]C(CC)CCCCCCC)[CH2]C(CC)CCCCCCC. The van der Waals surface area contributed by atoms with Crippen LogP contribution in [0.25, 0.3) is 0 Å². The second-order valence-electron chi connectivity index (χ2n) is 12.0. The molecule has 0 bridgehead atoms. The summed E-state index contributed by atoms with van der Waals surface area (Å²) in [6.07, 6.45) is 30.8. The van der Waals surface area contributed by atoms with Crippen molar-refractivity contribution in [3.05, 3.63) is 0 Å². The monoisotopic (exact) mass is 493 g/mol. The predicted octanol–water partition coefficient (Wildman–Crippen LogP) is 12.6. The van der Waals surface area contributed by atoms with Crippen molar-refractivity contribution in [1.82, 2.24) is 0 Å². The highest BCUT2D eigenvalue weighted by Gasteiger charge is 2.27. The molecule has 34 heavy (non-hydrogen) atoms. The molecular formula is C33H69Al. The van der Waals surface area contributed by atoms with Crippen molar-refractivity contribution in [1.29, 1.82) is 0 Å². The third-order valence-electron chi connectivity index (χ3n) is 8.88. The molecule has 0 nitrogen and oxygen atoms in total. The van der Waals surface area contributed by atoms with Crippen molar-refractivity contribution in [2.24, 2.45) is 17.8 Å². The summed E-state index contributed by atoms with van der Waals surface area (Å²) in [7, 11) is 0. The molecule has 3 unspecified atom stereocenters. The number of hydrogen-bond donors (Lipinski definition) is 0. The maximum atomic E-state index is 2.50. The number of unbranched alkanes of at least 4 members (excludes halogenated alkanes) is 12. The molecule has 0 radical (unpaired) electrons. The summed E-state index contributed by atoms with van der Waals surface area (Å²) in [6.45, 7) is 14.5. The third kappa shape index (κ3) is 20.7. The largest absolute Gasteiger partial charge is 0.262 e. The molecule has 0 saturated carbocycles. The van der Waals surface area contributed by atoms with Crippen LogP contribution in [0.2, 0.25) is 15.8 Å². The summed E-state index contributed by atoms with van der Waals surface area (Å²) in [5, 5.41) is 5.01. The second-order valence-corrected chi connectivity index (χ2v) is 15.2. The standard InChI is InChI=1S/3C11H23.Al/c3*1-4-6-7-8-9-10-11(3)5-2;/h3*11H,3-10H2,1-2H3;. The molecule has 0 aliphatic carbocycles. The van der Waals surface area contributed by atoms with Gasteiger partial charge in [0.25, 0.3) is 14.1 Å². The Morgan fingerprint density at radius 3 is 0.853 bits per heavy atom. The second kappa shape index (κ2) is 26.6. The lowest BCUT2D eigenvalue weighted by Gasteiger charge is -2.26. The van der Waals surface area contributed by atoms with E-state index in [1.807, 2.05) is 0 Å². The van der Waals surface area contributed by atoms with Gasteiger partial charge < -0.3 is 0 Å². The van der Waals surface area contributed by atoms with E-state index in [0.717, 1.165) is 17.8 Å². The first kappa shape index (κ1) is 34.5. The highest BCUT2D eigenvalue weighted by molar-refractivity contribution is 6.59. The van der Waals surface area contributed by atoms with Gasteiger partial charge in [-0.05, 0) is 0 Å². The van der Waals surface area contributed by atoms with E-state index in [4.69, 9.17) is 0 Å². The number of rotatable bonds is 27. The van der Waals surface area contributed by atoms with E-state index in [9.17, 15) is 0 Å². The van der Waals surface area contributed by atoms with E-state index >= 15 is 0 Å². The van der Waals surface area contributed by atoms with Gasteiger partial charge in [-0.25, -0.2) is 0 Å². The van der Waals surface area contributed by atoms with Gasteiger partial charge in [-0.3, -0.25) is 0 Å². The maximum Gasteiger partial charge on any atom is 0.262 e. The molecule has 1 heteroatoms. The first-order valence-electron chi connectivity index (χ1n) is 16.6. The van der Waals surface area contributed by atoms with Crippen molar-refractivity contribution in [2.45, 2.75) is 192 Å². The van der Waals surface area contributed by atoms with Crippen LogP contribution in [0, 0.1) is 17.8 Å². The molecule has 0 heterocycles. The lowest BCUT2D eigenvalue weighted by atomic mass is 9.99. The van der Waals surface area contributed by atoms with Crippen molar-refractivity contribution in [2.75, 3.05) is 0 Å². The Bertz CT molecular complexity index is 322. The average molecular weight is 493 g/mol. The van der Waals surface area contributed by atoms with Gasteiger partial charge in [0.05, 0.1) is 0 Å². The van der Waals surface area contributed by atoms with E-state index in [1.54, 1.807) is 15.8 Å². The van der Waals surface area contributed by atoms with Crippen molar-refractivity contribution < 1.29 is 0 Å². The molecule has 0 fully saturated rings. The highest BCUT2D eigenvalue weighted by Crippen LogP contribution is 2.32. The zero-order chi connectivity index (χ0) is 25.3. The molecule has 204 valence electrons. The minimum absolute atomic E-state index is 0.655. The first-order chi connectivity index (χ1) is 16.6. The van der Waals surface area contributed by atoms with Gasteiger partial charge in [0.15, 0.2) is 0 Å². The van der Waals surface area contributed by atoms with Gasteiger partial charge in [-0.1, -0.05) is 210 Å². The molecule has 0 N–H and O–H groups in total. The Morgan fingerprint density at radius 1 is 0.353 bits per heavy atom. The van der Waals surface area contributed by atoms with E-state index < -0.39 is 14.1 Å². The van der Waals surface area contributed by atoms with Crippen LogP contribution in [0.3, 0.4) is 0 Å². The minimum atomic E-state index is -0.655. The van der Waals surface area contributed by atoms with Gasteiger partial charge >= 0.3 is 0 Å². The highest BCUT2D eigenvalue weighted by atomic mass is 27.2.